The Hall–Kier alpha value is -3.53. The van der Waals surface area contributed by atoms with E-state index in [4.69, 9.17) is 9.47 Å². The number of anilines is 1. The highest BCUT2D eigenvalue weighted by atomic mass is 19.1. The van der Waals surface area contributed by atoms with E-state index < -0.39 is 23.6 Å². The van der Waals surface area contributed by atoms with Crippen LogP contribution in [-0.2, 0) is 9.53 Å². The summed E-state index contributed by atoms with van der Waals surface area (Å²) < 4.78 is 39.1. The van der Waals surface area contributed by atoms with E-state index in [0.717, 1.165) is 18.6 Å². The van der Waals surface area contributed by atoms with Gasteiger partial charge in [0, 0.05) is 30.9 Å². The number of halogens is 2. The van der Waals surface area contributed by atoms with Crippen molar-refractivity contribution in [3.63, 3.8) is 0 Å². The Labute approximate surface area is 207 Å². The van der Waals surface area contributed by atoms with Gasteiger partial charge in [0.1, 0.15) is 30.1 Å². The number of hydrogen-bond donors (Lipinski definition) is 2. The van der Waals surface area contributed by atoms with Crippen molar-refractivity contribution in [1.82, 2.24) is 10.2 Å². The molecule has 0 spiro atoms. The minimum atomic E-state index is -0.864. The number of likely N-dealkylation sites (N-methyl/N-ethyl adjacent to an activating group) is 1. The maximum absolute atomic E-state index is 13.5. The molecule has 3 atom stereocenters. The molecule has 1 saturated heterocycles. The molecule has 0 aliphatic carbocycles. The topological polar surface area (TPSA) is 97.0 Å². The summed E-state index contributed by atoms with van der Waals surface area (Å²) >= 11 is 0. The molecule has 8 nitrogen and oxygen atoms in total. The molecular formula is C26H29F2N3O5. The van der Waals surface area contributed by atoms with Crippen molar-refractivity contribution < 1.29 is 32.6 Å². The molecule has 2 aliphatic rings. The number of hydrogen-bond acceptors (Lipinski definition) is 5. The molecule has 4 rings (SSSR count). The molecule has 2 aliphatic heterocycles. The van der Waals surface area contributed by atoms with Gasteiger partial charge in [0.05, 0.1) is 24.1 Å². The SMILES string of the molecule is CCCNC(=O)C[C@@H]1CC[C@@H]2[C@H](COc3ccc(NC(=O)c4cc(F)cc(F)c4)cc3C(=O)N2C)O1. The smallest absolute Gasteiger partial charge is 0.257 e. The zero-order valence-electron chi connectivity index (χ0n) is 20.2. The number of fused-ring (bicyclic) bond motifs is 2. The Morgan fingerprint density at radius 3 is 2.58 bits per heavy atom. The fourth-order valence-electron chi connectivity index (χ4n) is 4.54. The number of nitrogens with one attached hydrogen (secondary N) is 2. The lowest BCUT2D eigenvalue weighted by molar-refractivity contribution is -0.134. The Balaban J connectivity index is 1.47. The molecule has 0 saturated carbocycles. The molecule has 2 heterocycles. The number of amides is 3. The predicted octanol–water partition coefficient (Wildman–Crippen LogP) is 3.51. The van der Waals surface area contributed by atoms with Gasteiger partial charge in [0.15, 0.2) is 0 Å². The average molecular weight is 502 g/mol. The fraction of sp³-hybridized carbons (Fsp3) is 0.423. The molecule has 0 unspecified atom stereocenters. The first kappa shape index (κ1) is 25.6. The Bertz CT molecular complexity index is 1140. The van der Waals surface area contributed by atoms with Crippen LogP contribution in [0.3, 0.4) is 0 Å². The van der Waals surface area contributed by atoms with Crippen LogP contribution in [0, 0.1) is 11.6 Å². The van der Waals surface area contributed by atoms with Gasteiger partial charge in [-0.2, -0.15) is 0 Å². The first-order valence-electron chi connectivity index (χ1n) is 12.0. The lowest BCUT2D eigenvalue weighted by Gasteiger charge is -2.42. The normalized spacial score (nSPS) is 21.4. The van der Waals surface area contributed by atoms with Crippen molar-refractivity contribution in [1.29, 1.82) is 0 Å². The Morgan fingerprint density at radius 2 is 1.86 bits per heavy atom. The molecule has 1 fully saturated rings. The molecule has 36 heavy (non-hydrogen) atoms. The van der Waals surface area contributed by atoms with E-state index in [0.29, 0.717) is 31.2 Å². The minimum absolute atomic E-state index is 0.0580. The third-order valence-electron chi connectivity index (χ3n) is 6.38. The maximum Gasteiger partial charge on any atom is 0.257 e. The van der Waals surface area contributed by atoms with Crippen LogP contribution >= 0.6 is 0 Å². The summed E-state index contributed by atoms with van der Waals surface area (Å²) in [6, 6.07) is 6.87. The zero-order chi connectivity index (χ0) is 25.8. The Kier molecular flexibility index (Phi) is 7.83. The summed E-state index contributed by atoms with van der Waals surface area (Å²) in [4.78, 5) is 39.5. The van der Waals surface area contributed by atoms with Crippen LogP contribution in [0.15, 0.2) is 36.4 Å². The number of carbonyl (C=O) groups is 3. The van der Waals surface area contributed by atoms with E-state index in [2.05, 4.69) is 10.6 Å². The molecule has 0 aromatic heterocycles. The van der Waals surface area contributed by atoms with E-state index in [1.165, 1.54) is 6.07 Å². The summed E-state index contributed by atoms with van der Waals surface area (Å²) in [5, 5.41) is 5.42. The van der Waals surface area contributed by atoms with Crippen LogP contribution in [-0.4, -0.2) is 61.1 Å². The van der Waals surface area contributed by atoms with Gasteiger partial charge in [-0.25, -0.2) is 8.78 Å². The zero-order valence-corrected chi connectivity index (χ0v) is 20.2. The van der Waals surface area contributed by atoms with Crippen LogP contribution in [0.5, 0.6) is 5.75 Å². The third kappa shape index (κ3) is 5.81. The van der Waals surface area contributed by atoms with Gasteiger partial charge in [0.25, 0.3) is 11.8 Å². The van der Waals surface area contributed by atoms with E-state index >= 15 is 0 Å². The maximum atomic E-state index is 13.5. The van der Waals surface area contributed by atoms with Gasteiger partial charge < -0.3 is 25.0 Å². The first-order chi connectivity index (χ1) is 17.2. The second-order valence-corrected chi connectivity index (χ2v) is 9.05. The lowest BCUT2D eigenvalue weighted by atomic mass is 9.94. The summed E-state index contributed by atoms with van der Waals surface area (Å²) in [6.07, 6.45) is 1.75. The summed E-state index contributed by atoms with van der Waals surface area (Å²) in [6.45, 7) is 2.80. The van der Waals surface area contributed by atoms with Crippen LogP contribution in [0.2, 0.25) is 0 Å². The number of ether oxygens (including phenoxy) is 2. The Morgan fingerprint density at radius 1 is 1.11 bits per heavy atom. The van der Waals surface area contributed by atoms with Crippen molar-refractivity contribution in [2.24, 2.45) is 0 Å². The van der Waals surface area contributed by atoms with Crippen molar-refractivity contribution in [3.05, 3.63) is 59.2 Å². The molecule has 2 aromatic rings. The van der Waals surface area contributed by atoms with Gasteiger partial charge >= 0.3 is 0 Å². The number of nitrogens with zero attached hydrogens (tertiary/aromatic N) is 1. The third-order valence-corrected chi connectivity index (χ3v) is 6.38. The number of carbonyl (C=O) groups excluding carboxylic acids is 3. The molecular weight excluding hydrogens is 472 g/mol. The van der Waals surface area contributed by atoms with Crippen LogP contribution in [0.1, 0.15) is 53.3 Å². The molecule has 2 aromatic carbocycles. The second-order valence-electron chi connectivity index (χ2n) is 9.05. The predicted molar refractivity (Wildman–Crippen MR) is 128 cm³/mol. The van der Waals surface area contributed by atoms with Crippen molar-refractivity contribution >= 4 is 23.4 Å². The van der Waals surface area contributed by atoms with Gasteiger partial charge in [-0.15, -0.1) is 0 Å². The summed E-state index contributed by atoms with van der Waals surface area (Å²) in [7, 11) is 1.69. The highest BCUT2D eigenvalue weighted by Gasteiger charge is 2.39. The molecule has 0 radical (unpaired) electrons. The van der Waals surface area contributed by atoms with E-state index in [1.54, 1.807) is 24.1 Å². The highest BCUT2D eigenvalue weighted by molar-refractivity contribution is 6.05. The first-order valence-corrected chi connectivity index (χ1v) is 12.0. The molecule has 3 amide bonds. The van der Waals surface area contributed by atoms with Gasteiger partial charge in [-0.1, -0.05) is 6.92 Å². The molecule has 192 valence electrons. The van der Waals surface area contributed by atoms with Crippen LogP contribution in [0.25, 0.3) is 0 Å². The number of rotatable bonds is 6. The van der Waals surface area contributed by atoms with Gasteiger partial charge in [-0.3, -0.25) is 14.4 Å². The number of benzene rings is 2. The van der Waals surface area contributed by atoms with Crippen LogP contribution in [0.4, 0.5) is 14.5 Å². The van der Waals surface area contributed by atoms with E-state index in [9.17, 15) is 23.2 Å². The minimum Gasteiger partial charge on any atom is -0.490 e. The molecule has 0 bridgehead atoms. The summed E-state index contributed by atoms with van der Waals surface area (Å²) in [5.74, 6) is -2.48. The van der Waals surface area contributed by atoms with Crippen molar-refractivity contribution in [3.8, 4) is 5.75 Å². The monoisotopic (exact) mass is 501 g/mol. The van der Waals surface area contributed by atoms with E-state index in [-0.39, 0.29) is 53.8 Å². The van der Waals surface area contributed by atoms with E-state index in [1.807, 2.05) is 6.92 Å². The largest absolute Gasteiger partial charge is 0.490 e. The van der Waals surface area contributed by atoms with Crippen molar-refractivity contribution in [2.75, 3.05) is 25.5 Å². The molecule has 10 heteroatoms. The molecule has 2 N–H and O–H groups in total. The fourth-order valence-corrected chi connectivity index (χ4v) is 4.54. The van der Waals surface area contributed by atoms with Crippen LogP contribution < -0.4 is 15.4 Å². The van der Waals surface area contributed by atoms with Crippen molar-refractivity contribution in [2.45, 2.75) is 50.9 Å². The van der Waals surface area contributed by atoms with Gasteiger partial charge in [-0.05, 0) is 49.6 Å². The quantitative estimate of drug-likeness (QED) is 0.632. The lowest BCUT2D eigenvalue weighted by Crippen LogP contribution is -2.54. The average Bonchev–Trinajstić information content (AvgIpc) is 2.84. The standard InChI is InChI=1S/C26H29F2N3O5/c1-3-8-29-24(32)13-19-5-6-21-23(36-19)14-35-22-7-4-18(12-20(22)26(34)31(21)2)30-25(33)15-9-16(27)11-17(28)10-15/h4,7,9-12,19,21,23H,3,5-6,8,13-14H2,1-2H3,(H,29,32)(H,30,33)/t19-,21+,23-/m0/s1. The highest BCUT2D eigenvalue weighted by Crippen LogP contribution is 2.32. The second kappa shape index (κ2) is 11.0. The summed E-state index contributed by atoms with van der Waals surface area (Å²) in [5.41, 5.74) is 0.350. The van der Waals surface area contributed by atoms with Gasteiger partial charge in [0.2, 0.25) is 5.91 Å².